The van der Waals surface area contributed by atoms with Crippen molar-refractivity contribution in [2.45, 2.75) is 44.9 Å². The zero-order chi connectivity index (χ0) is 16.1. The number of piperidine rings is 1. The Morgan fingerprint density at radius 2 is 2.00 bits per heavy atom. The summed E-state index contributed by atoms with van der Waals surface area (Å²) in [6.07, 6.45) is 6.32. The fraction of sp³-hybridized carbons (Fsp3) is 0.579. The maximum Gasteiger partial charge on any atom is 0.220 e. The summed E-state index contributed by atoms with van der Waals surface area (Å²) in [5.41, 5.74) is 3.44. The first kappa shape index (κ1) is 16.2. The van der Waals surface area contributed by atoms with E-state index >= 15 is 0 Å². The fourth-order valence-corrected chi connectivity index (χ4v) is 3.56. The number of benzene rings is 1. The zero-order valence-corrected chi connectivity index (χ0v) is 13.7. The first-order chi connectivity index (χ1) is 11.2. The number of amides is 1. The number of hydrogen-bond acceptors (Lipinski definition) is 3. The summed E-state index contributed by atoms with van der Waals surface area (Å²) in [7, 11) is 0. The molecule has 1 heterocycles. The van der Waals surface area contributed by atoms with E-state index in [9.17, 15) is 9.59 Å². The lowest BCUT2D eigenvalue weighted by molar-refractivity contribution is -0.121. The zero-order valence-electron chi connectivity index (χ0n) is 13.7. The molecule has 1 fully saturated rings. The van der Waals surface area contributed by atoms with Gasteiger partial charge in [0.15, 0.2) is 5.78 Å². The molecule has 1 aromatic carbocycles. The Labute approximate surface area is 138 Å². The van der Waals surface area contributed by atoms with Crippen LogP contribution in [0.1, 0.15) is 53.6 Å². The van der Waals surface area contributed by atoms with Crippen molar-refractivity contribution >= 4 is 11.7 Å². The molecule has 1 atom stereocenters. The number of nitrogens with one attached hydrogen (secondary N) is 2. The van der Waals surface area contributed by atoms with Crippen LogP contribution in [-0.4, -0.2) is 31.3 Å². The highest BCUT2D eigenvalue weighted by Crippen LogP contribution is 2.23. The molecule has 1 aromatic rings. The molecule has 1 aliphatic heterocycles. The Bertz CT molecular complexity index is 577. The number of rotatable bonds is 6. The Hall–Kier alpha value is -1.68. The van der Waals surface area contributed by atoms with Gasteiger partial charge >= 0.3 is 0 Å². The smallest absolute Gasteiger partial charge is 0.220 e. The number of Topliss-reactive ketones (excluding diaryl/α,β-unsaturated/α-hetero) is 1. The molecule has 1 aliphatic carbocycles. The van der Waals surface area contributed by atoms with Gasteiger partial charge in [0.05, 0.1) is 0 Å². The second-order valence-electron chi connectivity index (χ2n) is 6.78. The predicted molar refractivity (Wildman–Crippen MR) is 90.6 cm³/mol. The summed E-state index contributed by atoms with van der Waals surface area (Å²) in [6, 6.07) is 6.01. The average Bonchev–Trinajstić information content (AvgIpc) is 3.06. The van der Waals surface area contributed by atoms with Gasteiger partial charge in [-0.1, -0.05) is 12.1 Å². The number of carbonyl (C=O) groups is 2. The first-order valence-corrected chi connectivity index (χ1v) is 8.85. The molecule has 0 saturated carbocycles. The predicted octanol–water partition coefficient (Wildman–Crippen LogP) is 2.25. The van der Waals surface area contributed by atoms with Crippen LogP contribution in [0.5, 0.6) is 0 Å². The third-order valence-corrected chi connectivity index (χ3v) is 4.99. The molecular weight excluding hydrogens is 288 g/mol. The molecule has 2 aliphatic rings. The van der Waals surface area contributed by atoms with Crippen LogP contribution in [0.15, 0.2) is 18.2 Å². The van der Waals surface area contributed by atoms with Gasteiger partial charge < -0.3 is 10.6 Å². The third kappa shape index (κ3) is 4.41. The highest BCUT2D eigenvalue weighted by Gasteiger charge is 2.16. The maximum atomic E-state index is 12.3. The lowest BCUT2D eigenvalue weighted by atomic mass is 9.99. The highest BCUT2D eigenvalue weighted by atomic mass is 16.2. The van der Waals surface area contributed by atoms with Gasteiger partial charge in [0.2, 0.25) is 5.91 Å². The lowest BCUT2D eigenvalue weighted by Crippen LogP contribution is -2.38. The van der Waals surface area contributed by atoms with Crippen LogP contribution < -0.4 is 10.6 Å². The number of aryl methyl sites for hydroxylation is 2. The van der Waals surface area contributed by atoms with Crippen LogP contribution in [0.25, 0.3) is 0 Å². The molecule has 124 valence electrons. The van der Waals surface area contributed by atoms with Crippen LogP contribution in [0.3, 0.4) is 0 Å². The van der Waals surface area contributed by atoms with Gasteiger partial charge in [-0.25, -0.2) is 0 Å². The van der Waals surface area contributed by atoms with Crippen molar-refractivity contribution in [3.63, 3.8) is 0 Å². The number of ketones is 1. The van der Waals surface area contributed by atoms with Crippen molar-refractivity contribution in [2.24, 2.45) is 5.92 Å². The van der Waals surface area contributed by atoms with Gasteiger partial charge in [0.1, 0.15) is 0 Å². The topological polar surface area (TPSA) is 58.2 Å². The normalized spacial score (nSPS) is 20.1. The van der Waals surface area contributed by atoms with E-state index in [1.807, 2.05) is 12.1 Å². The maximum absolute atomic E-state index is 12.3. The average molecular weight is 314 g/mol. The monoisotopic (exact) mass is 314 g/mol. The SMILES string of the molecule is O=C(CCC(=O)c1ccc2c(c1)CCC2)NCC1CCCNC1. The second kappa shape index (κ2) is 7.73. The van der Waals surface area contributed by atoms with Gasteiger partial charge in [0, 0.05) is 24.9 Å². The number of carbonyl (C=O) groups excluding carboxylic acids is 2. The van der Waals surface area contributed by atoms with Gasteiger partial charge in [-0.3, -0.25) is 9.59 Å². The van der Waals surface area contributed by atoms with Gasteiger partial charge in [-0.15, -0.1) is 0 Å². The van der Waals surface area contributed by atoms with Crippen molar-refractivity contribution in [3.8, 4) is 0 Å². The van der Waals surface area contributed by atoms with Crippen molar-refractivity contribution in [1.82, 2.24) is 10.6 Å². The molecule has 23 heavy (non-hydrogen) atoms. The van der Waals surface area contributed by atoms with Crippen LogP contribution >= 0.6 is 0 Å². The van der Waals surface area contributed by atoms with Crippen LogP contribution in [0.4, 0.5) is 0 Å². The van der Waals surface area contributed by atoms with E-state index in [0.717, 1.165) is 38.0 Å². The minimum absolute atomic E-state index is 0.00918. The standard InChI is InChI=1S/C19H26N2O2/c22-18(17-7-6-15-4-1-5-16(15)11-17)8-9-19(23)21-13-14-3-2-10-20-12-14/h6-7,11,14,20H,1-5,8-10,12-13H2,(H,21,23). The summed E-state index contributed by atoms with van der Waals surface area (Å²) < 4.78 is 0. The van der Waals surface area contributed by atoms with Crippen molar-refractivity contribution in [2.75, 3.05) is 19.6 Å². The third-order valence-electron chi connectivity index (χ3n) is 4.99. The summed E-state index contributed by atoms with van der Waals surface area (Å²) >= 11 is 0. The quantitative estimate of drug-likeness (QED) is 0.792. The molecule has 0 spiro atoms. The van der Waals surface area contributed by atoms with E-state index in [4.69, 9.17) is 0 Å². The second-order valence-corrected chi connectivity index (χ2v) is 6.78. The van der Waals surface area contributed by atoms with E-state index in [0.29, 0.717) is 12.3 Å². The van der Waals surface area contributed by atoms with E-state index in [1.165, 1.54) is 30.4 Å². The molecule has 0 bridgehead atoms. The van der Waals surface area contributed by atoms with Crippen molar-refractivity contribution < 1.29 is 9.59 Å². The van der Waals surface area contributed by atoms with Gasteiger partial charge in [-0.05, 0) is 68.3 Å². The summed E-state index contributed by atoms with van der Waals surface area (Å²) in [5.74, 6) is 0.597. The van der Waals surface area contributed by atoms with E-state index in [1.54, 1.807) is 0 Å². The Balaban J connectivity index is 1.42. The summed E-state index contributed by atoms with van der Waals surface area (Å²) in [4.78, 5) is 24.2. The fourth-order valence-electron chi connectivity index (χ4n) is 3.56. The van der Waals surface area contributed by atoms with Crippen LogP contribution in [-0.2, 0) is 17.6 Å². The van der Waals surface area contributed by atoms with Gasteiger partial charge in [-0.2, -0.15) is 0 Å². The highest BCUT2D eigenvalue weighted by molar-refractivity contribution is 5.98. The van der Waals surface area contributed by atoms with E-state index < -0.39 is 0 Å². The summed E-state index contributed by atoms with van der Waals surface area (Å²) in [6.45, 7) is 2.78. The number of fused-ring (bicyclic) bond motifs is 1. The van der Waals surface area contributed by atoms with Crippen molar-refractivity contribution in [1.29, 1.82) is 0 Å². The molecule has 0 radical (unpaired) electrons. The van der Waals surface area contributed by atoms with E-state index in [2.05, 4.69) is 16.7 Å². The minimum atomic E-state index is -0.00918. The van der Waals surface area contributed by atoms with E-state index in [-0.39, 0.29) is 18.1 Å². The molecule has 4 heteroatoms. The molecule has 4 nitrogen and oxygen atoms in total. The molecule has 0 aromatic heterocycles. The Morgan fingerprint density at radius 1 is 1.13 bits per heavy atom. The number of hydrogen-bond donors (Lipinski definition) is 2. The first-order valence-electron chi connectivity index (χ1n) is 8.85. The molecule has 1 saturated heterocycles. The molecule has 3 rings (SSSR count). The Morgan fingerprint density at radius 3 is 2.83 bits per heavy atom. The van der Waals surface area contributed by atoms with Crippen molar-refractivity contribution in [3.05, 3.63) is 34.9 Å². The minimum Gasteiger partial charge on any atom is -0.356 e. The molecule has 1 amide bonds. The largest absolute Gasteiger partial charge is 0.356 e. The van der Waals surface area contributed by atoms with Crippen LogP contribution in [0, 0.1) is 5.92 Å². The van der Waals surface area contributed by atoms with Crippen LogP contribution in [0.2, 0.25) is 0 Å². The molecule has 2 N–H and O–H groups in total. The Kier molecular flexibility index (Phi) is 5.44. The molecule has 1 unspecified atom stereocenters. The lowest BCUT2D eigenvalue weighted by Gasteiger charge is -2.22. The van der Waals surface area contributed by atoms with Gasteiger partial charge in [0.25, 0.3) is 0 Å². The molecular formula is C19H26N2O2. The summed E-state index contributed by atoms with van der Waals surface area (Å²) in [5, 5.41) is 6.31.